The molecule has 7 heteroatoms. The van der Waals surface area contributed by atoms with Crippen LogP contribution in [-0.4, -0.2) is 37.5 Å². The molecular formula is C10H17N3O3S. The van der Waals surface area contributed by atoms with Crippen molar-refractivity contribution in [1.82, 2.24) is 9.46 Å². The molecule has 96 valence electrons. The molecule has 1 aromatic heterocycles. The molecule has 1 fully saturated rings. The van der Waals surface area contributed by atoms with Gasteiger partial charge >= 0.3 is 0 Å². The number of nitrogens with two attached hydrogens (primary N) is 1. The second-order valence-corrected chi connectivity index (χ2v) is 6.28. The molecule has 2 rings (SSSR count). The smallest absolute Gasteiger partial charge is 0.248 e. The molecule has 0 saturated carbocycles. The summed E-state index contributed by atoms with van der Waals surface area (Å²) in [5.74, 6) is 0.601. The fourth-order valence-corrected chi connectivity index (χ4v) is 4.00. The van der Waals surface area contributed by atoms with Crippen LogP contribution in [0.5, 0.6) is 0 Å². The standard InChI is InChI=1S/C10H17N3O3S/c1-7-10(8(2)16-12-7)17(14,15)13-4-3-9(5-11)6-13/h9H,3-6,11H2,1-2H3. The van der Waals surface area contributed by atoms with E-state index in [9.17, 15) is 8.42 Å². The topological polar surface area (TPSA) is 89.4 Å². The molecule has 1 aromatic rings. The zero-order valence-corrected chi connectivity index (χ0v) is 10.8. The second-order valence-electron chi connectivity index (χ2n) is 4.41. The maximum Gasteiger partial charge on any atom is 0.248 e. The van der Waals surface area contributed by atoms with Gasteiger partial charge in [0.05, 0.1) is 0 Å². The maximum atomic E-state index is 12.4. The van der Waals surface area contributed by atoms with Crippen molar-refractivity contribution in [1.29, 1.82) is 0 Å². The van der Waals surface area contributed by atoms with E-state index in [1.807, 2.05) is 0 Å². The predicted molar refractivity (Wildman–Crippen MR) is 61.9 cm³/mol. The molecule has 6 nitrogen and oxygen atoms in total. The Balaban J connectivity index is 2.32. The molecule has 0 aliphatic carbocycles. The van der Waals surface area contributed by atoms with E-state index in [0.29, 0.717) is 31.1 Å². The van der Waals surface area contributed by atoms with Crippen LogP contribution >= 0.6 is 0 Å². The quantitative estimate of drug-likeness (QED) is 0.841. The highest BCUT2D eigenvalue weighted by atomic mass is 32.2. The maximum absolute atomic E-state index is 12.4. The Hall–Kier alpha value is -0.920. The van der Waals surface area contributed by atoms with E-state index in [4.69, 9.17) is 10.3 Å². The Kier molecular flexibility index (Phi) is 3.24. The van der Waals surface area contributed by atoms with Crippen molar-refractivity contribution in [2.45, 2.75) is 25.2 Å². The third-order valence-electron chi connectivity index (χ3n) is 3.15. The number of rotatable bonds is 3. The molecule has 0 spiro atoms. The summed E-state index contributed by atoms with van der Waals surface area (Å²) in [5, 5.41) is 3.69. The third-order valence-corrected chi connectivity index (χ3v) is 5.26. The number of hydrogen-bond acceptors (Lipinski definition) is 5. The summed E-state index contributed by atoms with van der Waals surface area (Å²) >= 11 is 0. The van der Waals surface area contributed by atoms with Gasteiger partial charge in [0.2, 0.25) is 10.0 Å². The molecule has 1 aliphatic heterocycles. The lowest BCUT2D eigenvalue weighted by molar-refractivity contribution is 0.389. The van der Waals surface area contributed by atoms with Crippen molar-refractivity contribution in [3.63, 3.8) is 0 Å². The van der Waals surface area contributed by atoms with E-state index >= 15 is 0 Å². The number of aryl methyl sites for hydroxylation is 2. The van der Waals surface area contributed by atoms with E-state index in [0.717, 1.165) is 6.42 Å². The molecule has 1 unspecified atom stereocenters. The zero-order chi connectivity index (χ0) is 12.6. The van der Waals surface area contributed by atoms with Crippen molar-refractivity contribution in [3.8, 4) is 0 Å². The highest BCUT2D eigenvalue weighted by molar-refractivity contribution is 7.89. The first-order valence-electron chi connectivity index (χ1n) is 5.60. The molecule has 2 heterocycles. The number of hydrogen-bond donors (Lipinski definition) is 1. The van der Waals surface area contributed by atoms with Gasteiger partial charge in [0.15, 0.2) is 5.76 Å². The van der Waals surface area contributed by atoms with Gasteiger partial charge in [-0.2, -0.15) is 4.31 Å². The molecular weight excluding hydrogens is 242 g/mol. The van der Waals surface area contributed by atoms with Gasteiger partial charge in [-0.15, -0.1) is 0 Å². The minimum Gasteiger partial charge on any atom is -0.360 e. The van der Waals surface area contributed by atoms with Crippen molar-refractivity contribution in [2.75, 3.05) is 19.6 Å². The third kappa shape index (κ3) is 2.10. The SMILES string of the molecule is Cc1noc(C)c1S(=O)(=O)N1CCC(CN)C1. The largest absolute Gasteiger partial charge is 0.360 e. The van der Waals surface area contributed by atoms with E-state index in [1.165, 1.54) is 4.31 Å². The van der Waals surface area contributed by atoms with E-state index in [1.54, 1.807) is 13.8 Å². The average molecular weight is 259 g/mol. The van der Waals surface area contributed by atoms with Gasteiger partial charge in [0.1, 0.15) is 10.6 Å². The van der Waals surface area contributed by atoms with E-state index in [-0.39, 0.29) is 10.8 Å². The van der Waals surface area contributed by atoms with Crippen LogP contribution in [0.3, 0.4) is 0 Å². The molecule has 1 saturated heterocycles. The zero-order valence-electron chi connectivity index (χ0n) is 10.0. The Morgan fingerprint density at radius 3 is 2.71 bits per heavy atom. The lowest BCUT2D eigenvalue weighted by Crippen LogP contribution is -2.30. The molecule has 2 N–H and O–H groups in total. The highest BCUT2D eigenvalue weighted by Gasteiger charge is 2.35. The van der Waals surface area contributed by atoms with Gasteiger partial charge in [-0.05, 0) is 32.7 Å². The van der Waals surface area contributed by atoms with Gasteiger partial charge in [0.25, 0.3) is 0 Å². The summed E-state index contributed by atoms with van der Waals surface area (Å²) in [6.07, 6.45) is 0.819. The summed E-state index contributed by atoms with van der Waals surface area (Å²) in [5.41, 5.74) is 5.98. The van der Waals surface area contributed by atoms with Crippen LogP contribution in [0, 0.1) is 19.8 Å². The summed E-state index contributed by atoms with van der Waals surface area (Å²) in [7, 11) is -3.48. The summed E-state index contributed by atoms with van der Waals surface area (Å²) in [4.78, 5) is 0.204. The fourth-order valence-electron chi connectivity index (χ4n) is 2.18. The molecule has 1 atom stereocenters. The fraction of sp³-hybridized carbons (Fsp3) is 0.700. The van der Waals surface area contributed by atoms with Crippen LogP contribution in [0.2, 0.25) is 0 Å². The van der Waals surface area contributed by atoms with Gasteiger partial charge in [-0.1, -0.05) is 5.16 Å². The number of nitrogens with zero attached hydrogens (tertiary/aromatic N) is 2. The van der Waals surface area contributed by atoms with Crippen LogP contribution in [0.4, 0.5) is 0 Å². The van der Waals surface area contributed by atoms with Gasteiger partial charge in [0, 0.05) is 13.1 Å². The van der Waals surface area contributed by atoms with E-state index < -0.39 is 10.0 Å². The van der Waals surface area contributed by atoms with Crippen molar-refractivity contribution >= 4 is 10.0 Å². The molecule has 17 heavy (non-hydrogen) atoms. The molecule has 0 amide bonds. The Morgan fingerprint density at radius 2 is 2.24 bits per heavy atom. The normalized spacial score (nSPS) is 22.2. The molecule has 0 bridgehead atoms. The van der Waals surface area contributed by atoms with Gasteiger partial charge in [-0.25, -0.2) is 8.42 Å². The Bertz CT molecular complexity index is 489. The lowest BCUT2D eigenvalue weighted by Gasteiger charge is -2.15. The second kappa shape index (κ2) is 4.40. The monoisotopic (exact) mass is 259 g/mol. The van der Waals surface area contributed by atoms with Crippen LogP contribution in [-0.2, 0) is 10.0 Å². The first kappa shape index (κ1) is 12.5. The average Bonchev–Trinajstić information content (AvgIpc) is 2.85. The minimum absolute atomic E-state index is 0.204. The first-order chi connectivity index (χ1) is 7.96. The first-order valence-corrected chi connectivity index (χ1v) is 7.04. The number of sulfonamides is 1. The Labute approximate surface area is 101 Å². The molecule has 0 aromatic carbocycles. The van der Waals surface area contributed by atoms with Crippen molar-refractivity contribution < 1.29 is 12.9 Å². The lowest BCUT2D eigenvalue weighted by atomic mass is 10.1. The van der Waals surface area contributed by atoms with Gasteiger partial charge in [-0.3, -0.25) is 0 Å². The van der Waals surface area contributed by atoms with E-state index in [2.05, 4.69) is 5.16 Å². The van der Waals surface area contributed by atoms with Crippen LogP contribution < -0.4 is 5.73 Å². The minimum atomic E-state index is -3.48. The highest BCUT2D eigenvalue weighted by Crippen LogP contribution is 2.27. The summed E-state index contributed by atoms with van der Waals surface area (Å²) < 4.78 is 31.2. The summed E-state index contributed by atoms with van der Waals surface area (Å²) in [6, 6.07) is 0. The van der Waals surface area contributed by atoms with Crippen LogP contribution in [0.1, 0.15) is 17.9 Å². The molecule has 1 aliphatic rings. The van der Waals surface area contributed by atoms with Crippen molar-refractivity contribution in [3.05, 3.63) is 11.5 Å². The Morgan fingerprint density at radius 1 is 1.53 bits per heavy atom. The van der Waals surface area contributed by atoms with Crippen molar-refractivity contribution in [2.24, 2.45) is 11.7 Å². The molecule has 0 radical (unpaired) electrons. The number of aromatic nitrogens is 1. The summed E-state index contributed by atoms with van der Waals surface area (Å²) in [6.45, 7) is 4.79. The van der Waals surface area contributed by atoms with Gasteiger partial charge < -0.3 is 10.3 Å². The predicted octanol–water partition coefficient (Wildman–Crippen LogP) is 0.261. The van der Waals surface area contributed by atoms with Crippen LogP contribution in [0.25, 0.3) is 0 Å². The van der Waals surface area contributed by atoms with Crippen LogP contribution in [0.15, 0.2) is 9.42 Å².